The smallest absolute Gasteiger partial charge is 0.266 e. The summed E-state index contributed by atoms with van der Waals surface area (Å²) in [6.45, 7) is 0. The first-order valence-electron chi connectivity index (χ1n) is 7.52. The highest BCUT2D eigenvalue weighted by molar-refractivity contribution is 6.31. The molecule has 4 rings (SSSR count). The molecule has 0 aliphatic carbocycles. The quantitative estimate of drug-likeness (QED) is 0.580. The molecule has 2 aromatic heterocycles. The topological polar surface area (TPSA) is 58.6 Å². The molecule has 25 heavy (non-hydrogen) atoms. The van der Waals surface area contributed by atoms with E-state index in [2.05, 4.69) is 15.0 Å². The highest BCUT2D eigenvalue weighted by atomic mass is 35.5. The highest BCUT2D eigenvalue weighted by Crippen LogP contribution is 2.32. The number of fused-ring (bicyclic) bond motifs is 1. The van der Waals surface area contributed by atoms with Gasteiger partial charge in [-0.15, -0.1) is 0 Å². The van der Waals surface area contributed by atoms with Gasteiger partial charge >= 0.3 is 0 Å². The van der Waals surface area contributed by atoms with Crippen molar-refractivity contribution in [2.24, 2.45) is 0 Å². The second kappa shape index (κ2) is 6.11. The van der Waals surface area contributed by atoms with Crippen molar-refractivity contribution in [3.8, 4) is 22.4 Å². The van der Waals surface area contributed by atoms with Gasteiger partial charge in [-0.3, -0.25) is 9.78 Å². The van der Waals surface area contributed by atoms with Gasteiger partial charge in [0.2, 0.25) is 0 Å². The maximum Gasteiger partial charge on any atom is 0.266 e. The molecule has 0 aliphatic rings. The standard InChI is InChI=1S/C19H11ClFN3O/c20-14-8-12(3-5-15(14)21)19-13(2-1-7-22-19)11-4-6-16-17(9-11)24-18(25)10-23-16/h1-10H,(H,24,25). The molecule has 0 fully saturated rings. The summed E-state index contributed by atoms with van der Waals surface area (Å²) in [5, 5.41) is 0.0427. The second-order valence-electron chi connectivity index (χ2n) is 5.51. The van der Waals surface area contributed by atoms with Gasteiger partial charge in [0, 0.05) is 17.3 Å². The monoisotopic (exact) mass is 351 g/mol. The van der Waals surface area contributed by atoms with E-state index in [0.717, 1.165) is 11.1 Å². The number of nitrogens with one attached hydrogen (secondary N) is 1. The van der Waals surface area contributed by atoms with Crippen LogP contribution in [0, 0.1) is 5.82 Å². The molecule has 0 bridgehead atoms. The number of benzene rings is 2. The molecule has 2 aromatic carbocycles. The predicted molar refractivity (Wildman–Crippen MR) is 96.0 cm³/mol. The number of rotatable bonds is 2. The summed E-state index contributed by atoms with van der Waals surface area (Å²) in [4.78, 5) is 22.8. The van der Waals surface area contributed by atoms with Crippen LogP contribution in [-0.2, 0) is 0 Å². The third-order valence-corrected chi connectivity index (χ3v) is 4.18. The number of aromatic nitrogens is 3. The molecule has 0 aliphatic heterocycles. The number of hydrogen-bond acceptors (Lipinski definition) is 3. The number of aromatic amines is 1. The Morgan fingerprint density at radius 3 is 2.68 bits per heavy atom. The van der Waals surface area contributed by atoms with E-state index in [-0.39, 0.29) is 10.6 Å². The van der Waals surface area contributed by atoms with Crippen LogP contribution in [0.2, 0.25) is 5.02 Å². The summed E-state index contributed by atoms with van der Waals surface area (Å²) >= 11 is 5.91. The van der Waals surface area contributed by atoms with Crippen LogP contribution in [0.3, 0.4) is 0 Å². The zero-order chi connectivity index (χ0) is 17.4. The molecule has 0 amide bonds. The Labute approximate surface area is 147 Å². The lowest BCUT2D eigenvalue weighted by molar-refractivity contribution is 0.628. The molecule has 0 spiro atoms. The Hall–Kier alpha value is -3.05. The molecule has 4 nitrogen and oxygen atoms in total. The van der Waals surface area contributed by atoms with Crippen LogP contribution in [0.4, 0.5) is 4.39 Å². The number of hydrogen-bond donors (Lipinski definition) is 1. The fourth-order valence-corrected chi connectivity index (χ4v) is 2.90. The van der Waals surface area contributed by atoms with Gasteiger partial charge < -0.3 is 4.98 Å². The Bertz CT molecular complexity index is 1160. The van der Waals surface area contributed by atoms with Gasteiger partial charge in [0.1, 0.15) is 5.82 Å². The van der Waals surface area contributed by atoms with E-state index < -0.39 is 5.82 Å². The van der Waals surface area contributed by atoms with Crippen molar-refractivity contribution in [2.45, 2.75) is 0 Å². The molecule has 0 saturated heterocycles. The van der Waals surface area contributed by atoms with Crippen LogP contribution in [0.1, 0.15) is 0 Å². The van der Waals surface area contributed by atoms with Crippen molar-refractivity contribution in [3.05, 3.63) is 82.1 Å². The number of halogens is 2. The Kier molecular flexibility index (Phi) is 3.78. The average Bonchev–Trinajstić information content (AvgIpc) is 2.63. The zero-order valence-electron chi connectivity index (χ0n) is 12.8. The van der Waals surface area contributed by atoms with Crippen LogP contribution < -0.4 is 5.56 Å². The summed E-state index contributed by atoms with van der Waals surface area (Å²) in [7, 11) is 0. The number of pyridine rings is 1. The number of nitrogens with zero attached hydrogens (tertiary/aromatic N) is 2. The minimum Gasteiger partial charge on any atom is -0.319 e. The van der Waals surface area contributed by atoms with E-state index in [1.807, 2.05) is 30.3 Å². The molecular weight excluding hydrogens is 341 g/mol. The molecule has 1 N–H and O–H groups in total. The van der Waals surface area contributed by atoms with Gasteiger partial charge in [0.05, 0.1) is 27.9 Å². The largest absolute Gasteiger partial charge is 0.319 e. The molecule has 0 radical (unpaired) electrons. The fraction of sp³-hybridized carbons (Fsp3) is 0. The van der Waals surface area contributed by atoms with Crippen molar-refractivity contribution >= 4 is 22.6 Å². The average molecular weight is 352 g/mol. The van der Waals surface area contributed by atoms with Gasteiger partial charge in [-0.2, -0.15) is 0 Å². The lowest BCUT2D eigenvalue weighted by Crippen LogP contribution is -2.04. The van der Waals surface area contributed by atoms with E-state index in [0.29, 0.717) is 22.3 Å². The first-order valence-corrected chi connectivity index (χ1v) is 7.89. The van der Waals surface area contributed by atoms with E-state index in [1.165, 1.54) is 12.3 Å². The Morgan fingerprint density at radius 1 is 1.00 bits per heavy atom. The molecule has 0 unspecified atom stereocenters. The van der Waals surface area contributed by atoms with Gasteiger partial charge in [0.25, 0.3) is 5.56 Å². The first-order chi connectivity index (χ1) is 12.1. The van der Waals surface area contributed by atoms with E-state index >= 15 is 0 Å². The summed E-state index contributed by atoms with van der Waals surface area (Å²) < 4.78 is 13.5. The zero-order valence-corrected chi connectivity index (χ0v) is 13.6. The van der Waals surface area contributed by atoms with Crippen LogP contribution >= 0.6 is 11.6 Å². The lowest BCUT2D eigenvalue weighted by Gasteiger charge is -2.10. The second-order valence-corrected chi connectivity index (χ2v) is 5.92. The maximum atomic E-state index is 13.5. The van der Waals surface area contributed by atoms with Gasteiger partial charge in [-0.1, -0.05) is 23.7 Å². The van der Waals surface area contributed by atoms with E-state index in [9.17, 15) is 9.18 Å². The third-order valence-electron chi connectivity index (χ3n) is 3.89. The summed E-state index contributed by atoms with van der Waals surface area (Å²) in [6.07, 6.45) is 2.92. The minimum atomic E-state index is -0.475. The van der Waals surface area contributed by atoms with Crippen molar-refractivity contribution in [2.75, 3.05) is 0 Å². The van der Waals surface area contributed by atoms with Crippen molar-refractivity contribution < 1.29 is 4.39 Å². The summed E-state index contributed by atoms with van der Waals surface area (Å²) in [5.74, 6) is -0.475. The third kappa shape index (κ3) is 2.90. The molecule has 2 heterocycles. The van der Waals surface area contributed by atoms with Crippen molar-refractivity contribution in [1.82, 2.24) is 15.0 Å². The van der Waals surface area contributed by atoms with Crippen molar-refractivity contribution in [3.63, 3.8) is 0 Å². The fourth-order valence-electron chi connectivity index (χ4n) is 2.72. The van der Waals surface area contributed by atoms with Crippen LogP contribution in [0.5, 0.6) is 0 Å². The van der Waals surface area contributed by atoms with E-state index in [4.69, 9.17) is 11.6 Å². The number of H-pyrrole nitrogens is 1. The molecular formula is C19H11ClFN3O. The minimum absolute atomic E-state index is 0.0427. The van der Waals surface area contributed by atoms with Crippen molar-refractivity contribution in [1.29, 1.82) is 0 Å². The Morgan fingerprint density at radius 2 is 1.84 bits per heavy atom. The highest BCUT2D eigenvalue weighted by Gasteiger charge is 2.11. The maximum absolute atomic E-state index is 13.5. The lowest BCUT2D eigenvalue weighted by atomic mass is 9.99. The van der Waals surface area contributed by atoms with Crippen LogP contribution in [-0.4, -0.2) is 15.0 Å². The predicted octanol–water partition coefficient (Wildman–Crippen LogP) is 4.44. The molecule has 4 aromatic rings. The van der Waals surface area contributed by atoms with E-state index in [1.54, 1.807) is 18.3 Å². The SMILES string of the molecule is O=c1cnc2ccc(-c3cccnc3-c3ccc(F)c(Cl)c3)cc2[nH]1. The van der Waals surface area contributed by atoms with Crippen LogP contribution in [0.25, 0.3) is 33.4 Å². The van der Waals surface area contributed by atoms with Gasteiger partial charge in [0.15, 0.2) is 0 Å². The first kappa shape index (κ1) is 15.5. The summed E-state index contributed by atoms with van der Waals surface area (Å²) in [6, 6.07) is 13.8. The molecule has 0 atom stereocenters. The molecule has 6 heteroatoms. The Balaban J connectivity index is 1.91. The molecule has 122 valence electrons. The molecule has 0 saturated carbocycles. The summed E-state index contributed by atoms with van der Waals surface area (Å²) in [5.41, 5.74) is 4.16. The normalized spacial score (nSPS) is 11.0. The van der Waals surface area contributed by atoms with Crippen LogP contribution in [0.15, 0.2) is 65.7 Å². The van der Waals surface area contributed by atoms with Gasteiger partial charge in [-0.05, 0) is 42.0 Å². The van der Waals surface area contributed by atoms with Gasteiger partial charge in [-0.25, -0.2) is 9.37 Å².